The second-order valence-electron chi connectivity index (χ2n) is 0.448. The molecule has 0 aliphatic heterocycles. The molecule has 42 valence electrons. The van der Waals surface area contributed by atoms with Gasteiger partial charge in [0.25, 0.3) is 0 Å². The van der Waals surface area contributed by atoms with Crippen molar-refractivity contribution in [1.82, 2.24) is 0 Å². The Hall–Kier alpha value is 2.21. The van der Waals surface area contributed by atoms with Crippen LogP contribution in [0, 0.1) is 0 Å². The van der Waals surface area contributed by atoms with E-state index in [9.17, 15) is 0 Å². The third kappa shape index (κ3) is 87.5. The van der Waals surface area contributed by atoms with Crippen LogP contribution in [-0.2, 0) is 23.5 Å². The fourth-order valence-corrected chi connectivity index (χ4v) is 0. The molecule has 0 bridgehead atoms. The third-order valence-electron chi connectivity index (χ3n) is 0. The Bertz CT molecular complexity index is 97.2. The summed E-state index contributed by atoms with van der Waals surface area (Å²) in [7, 11) is 0. The van der Waals surface area contributed by atoms with Crippen molar-refractivity contribution in [1.29, 1.82) is 0 Å². The van der Waals surface area contributed by atoms with E-state index in [4.69, 9.17) is 14.3 Å². The van der Waals surface area contributed by atoms with Crippen molar-refractivity contribution in [2.24, 2.45) is 0 Å². The van der Waals surface area contributed by atoms with Crippen LogP contribution in [-0.4, -0.2) is 65.0 Å². The van der Waals surface area contributed by atoms with Gasteiger partial charge in [-0.3, -0.25) is 0 Å². The van der Waals surface area contributed by atoms with Crippen molar-refractivity contribution in [3.05, 3.63) is 0 Å². The molecule has 7 heteroatoms. The van der Waals surface area contributed by atoms with Crippen LogP contribution in [0.1, 0.15) is 0 Å². The molecule has 0 spiro atoms. The first kappa shape index (κ1) is 16.7. The topological polar surface area (TPSA) is 74.6 Å². The van der Waals surface area contributed by atoms with Gasteiger partial charge in [0.15, 0.2) is 0 Å². The molecule has 0 rings (SSSR count). The van der Waals surface area contributed by atoms with Gasteiger partial charge in [-0.15, -0.1) is 0 Å². The summed E-state index contributed by atoms with van der Waals surface area (Å²) in [5.74, 6) is 0. The maximum atomic E-state index is 8.85. The standard InChI is InChI=1S/CH3.Mo.2Na.2H2O.2O.H/h1H3;;;;2*1H2;;;/q;+2;;;;;;;/p-2. The Morgan fingerprint density at radius 1 is 1.25 bits per heavy atom. The van der Waals surface area contributed by atoms with Gasteiger partial charge in [-0.2, -0.15) is 0 Å². The summed E-state index contributed by atoms with van der Waals surface area (Å²) in [4.78, 5) is 0. The van der Waals surface area contributed by atoms with Crippen molar-refractivity contribution in [3.8, 4) is 0 Å². The predicted octanol–water partition coefficient (Wildman–Crippen LogP) is -1.80. The van der Waals surface area contributed by atoms with Crippen molar-refractivity contribution in [2.75, 3.05) is 0 Å². The first-order valence-electron chi connectivity index (χ1n) is 1.70. The molecule has 0 aromatic rings. The normalized spacial score (nSPS) is 8.12. The molecule has 0 aliphatic carbocycles. The molecule has 0 aliphatic rings. The zero-order valence-electron chi connectivity index (χ0n) is 4.12. The Labute approximate surface area is 91.1 Å². The van der Waals surface area contributed by atoms with Crippen molar-refractivity contribution < 1.29 is 31.1 Å². The molecule has 0 aromatic carbocycles. The summed E-state index contributed by atoms with van der Waals surface area (Å²) in [5, 5.41) is 0. The summed E-state index contributed by atoms with van der Waals surface area (Å²) in [6, 6.07) is 0. The Morgan fingerprint density at radius 3 is 1.25 bits per heavy atom. The Morgan fingerprint density at radius 2 is 1.25 bits per heavy atom. The molecule has 0 unspecified atom stereocenters. The first-order valence-corrected chi connectivity index (χ1v) is 7.13. The zero-order chi connectivity index (χ0) is 6.50. The van der Waals surface area contributed by atoms with Crippen LogP contribution in [0.15, 0.2) is 0 Å². The molecule has 0 radical (unpaired) electrons. The zero-order valence-corrected chi connectivity index (χ0v) is 8.13. The summed E-state index contributed by atoms with van der Waals surface area (Å²) < 4.78 is 34.1. The average Bonchev–Trinajstić information content (AvgIpc) is 1.36. The summed E-state index contributed by atoms with van der Waals surface area (Å²) in [5.41, 5.74) is 0. The van der Waals surface area contributed by atoms with E-state index < -0.39 is 16.7 Å². The molecular weight excluding hydrogens is 218 g/mol. The molecule has 0 aromatic heterocycles. The molecule has 0 fully saturated rings. The molecule has 0 amide bonds. The van der Waals surface area contributed by atoms with Crippen LogP contribution in [0.5, 0.6) is 0 Å². The molecule has 0 saturated carbocycles. The van der Waals surface area contributed by atoms with Gasteiger partial charge in [-0.25, -0.2) is 0 Å². The van der Waals surface area contributed by atoms with E-state index in [1.54, 1.807) is 0 Å². The van der Waals surface area contributed by atoms with Crippen LogP contribution >= 0.6 is 0 Å². The van der Waals surface area contributed by atoms with Crippen LogP contribution < -0.4 is 0 Å². The van der Waals surface area contributed by atoms with Gasteiger partial charge in [0, 0.05) is 0 Å². The molecule has 0 saturated heterocycles. The van der Waals surface area contributed by atoms with E-state index in [1.807, 2.05) is 0 Å². The minimum atomic E-state index is -5.52. The van der Waals surface area contributed by atoms with Crippen LogP contribution in [0.4, 0.5) is 0 Å². The monoisotopic (exact) mass is 226 g/mol. The molecular formula is CH6MoNa2O4. The SMILES string of the molecule is [CH3][Na].[NaH].[O]=[Mo](=[O])([OH])[OH]. The minimum absolute atomic E-state index is 0. The average molecular weight is 224 g/mol. The molecule has 0 atom stereocenters. The van der Waals surface area contributed by atoms with E-state index in [0.29, 0.717) is 0 Å². The number of hydrogen-bond acceptors (Lipinski definition) is 2. The first-order chi connectivity index (χ1) is 3.00. The van der Waals surface area contributed by atoms with Gasteiger partial charge in [-0.1, -0.05) is 0 Å². The molecule has 8 heavy (non-hydrogen) atoms. The van der Waals surface area contributed by atoms with Gasteiger partial charge in [-0.05, 0) is 0 Å². The molecule has 0 heterocycles. The van der Waals surface area contributed by atoms with Crippen LogP contribution in [0.2, 0.25) is 4.17 Å². The Balaban J connectivity index is -0.0000000750. The Kier molecular flexibility index (Phi) is 19.2. The second kappa shape index (κ2) is 9.21. The molecule has 4 nitrogen and oxygen atoms in total. The van der Waals surface area contributed by atoms with Crippen molar-refractivity contribution in [3.63, 3.8) is 0 Å². The second-order valence-corrected chi connectivity index (χ2v) is 2.65. The van der Waals surface area contributed by atoms with Crippen LogP contribution in [0.3, 0.4) is 0 Å². The molecule has 2 N–H and O–H groups in total. The van der Waals surface area contributed by atoms with Gasteiger partial charge in [0.05, 0.1) is 0 Å². The fraction of sp³-hybridized carbons (Fsp3) is 1.00. The van der Waals surface area contributed by atoms with Gasteiger partial charge in [0.2, 0.25) is 0 Å². The van der Waals surface area contributed by atoms with E-state index in [-0.39, 0.29) is 29.6 Å². The number of rotatable bonds is 0. The van der Waals surface area contributed by atoms with E-state index in [2.05, 4.69) is 4.17 Å². The fourth-order valence-electron chi connectivity index (χ4n) is 0. The summed E-state index contributed by atoms with van der Waals surface area (Å²) >= 11 is -4.21. The van der Waals surface area contributed by atoms with Gasteiger partial charge in [0.1, 0.15) is 0 Å². The van der Waals surface area contributed by atoms with Crippen molar-refractivity contribution in [2.45, 2.75) is 4.17 Å². The van der Waals surface area contributed by atoms with Gasteiger partial charge < -0.3 is 0 Å². The predicted molar refractivity (Wildman–Crippen MR) is 24.6 cm³/mol. The van der Waals surface area contributed by atoms with Gasteiger partial charge >= 0.3 is 92.7 Å². The quantitative estimate of drug-likeness (QED) is 0.476. The van der Waals surface area contributed by atoms with E-state index in [0.717, 1.165) is 0 Å². The maximum absolute atomic E-state index is 8.85. The summed E-state index contributed by atoms with van der Waals surface area (Å²) in [6.07, 6.45) is 0. The third-order valence-corrected chi connectivity index (χ3v) is 0. The summed E-state index contributed by atoms with van der Waals surface area (Å²) in [6.45, 7) is 0. The van der Waals surface area contributed by atoms with Crippen LogP contribution in [0.25, 0.3) is 0 Å². The van der Waals surface area contributed by atoms with Crippen molar-refractivity contribution >= 4 is 57.5 Å². The number of hydrogen-bond donors (Lipinski definition) is 2. The van der Waals surface area contributed by atoms with E-state index >= 15 is 0 Å². The van der Waals surface area contributed by atoms with E-state index in [1.165, 1.54) is 27.9 Å².